The predicted molar refractivity (Wildman–Crippen MR) is 64.4 cm³/mol. The highest BCUT2D eigenvalue weighted by Crippen LogP contribution is 2.31. The van der Waals surface area contributed by atoms with Crippen LogP contribution in [0, 0.1) is 0 Å². The first-order valence-corrected chi connectivity index (χ1v) is 6.26. The molecular weight excluding hydrogens is 220 g/mol. The minimum Gasteiger partial charge on any atom is -0.377 e. The Morgan fingerprint density at radius 3 is 2.35 bits per heavy atom. The van der Waals surface area contributed by atoms with Crippen LogP contribution < -0.4 is 11.5 Å². The summed E-state index contributed by atoms with van der Waals surface area (Å²) in [6.45, 7) is 7.12. The molecule has 0 aromatic carbocycles. The first-order chi connectivity index (χ1) is 7.80. The van der Waals surface area contributed by atoms with Crippen molar-refractivity contribution in [3.63, 3.8) is 0 Å². The molecule has 1 unspecified atom stereocenters. The highest BCUT2D eigenvalue weighted by molar-refractivity contribution is 5.00. The van der Waals surface area contributed by atoms with Gasteiger partial charge in [-0.05, 0) is 33.6 Å². The van der Waals surface area contributed by atoms with Gasteiger partial charge in [-0.2, -0.15) is 0 Å². The van der Waals surface area contributed by atoms with Crippen LogP contribution in [-0.2, 0) is 14.2 Å². The first kappa shape index (κ1) is 13.2. The van der Waals surface area contributed by atoms with Crippen molar-refractivity contribution in [1.29, 1.82) is 0 Å². The van der Waals surface area contributed by atoms with E-state index in [9.17, 15) is 0 Å². The minimum atomic E-state index is -0.366. The molecule has 2 saturated heterocycles. The van der Waals surface area contributed by atoms with Crippen LogP contribution in [0.3, 0.4) is 0 Å². The molecule has 0 aromatic rings. The van der Waals surface area contributed by atoms with E-state index in [4.69, 9.17) is 25.7 Å². The summed E-state index contributed by atoms with van der Waals surface area (Å²) in [6, 6.07) is -0.0740. The molecule has 2 aliphatic rings. The highest BCUT2D eigenvalue weighted by Gasteiger charge is 2.47. The van der Waals surface area contributed by atoms with Crippen molar-refractivity contribution in [1.82, 2.24) is 0 Å². The van der Waals surface area contributed by atoms with Crippen LogP contribution in [0.1, 0.15) is 33.6 Å². The first-order valence-electron chi connectivity index (χ1n) is 6.26. The number of rotatable bonds is 2. The average Bonchev–Trinajstić information content (AvgIpc) is 2.16. The largest absolute Gasteiger partial charge is 0.377 e. The number of hydrogen-bond donors (Lipinski definition) is 2. The molecule has 17 heavy (non-hydrogen) atoms. The summed E-state index contributed by atoms with van der Waals surface area (Å²) in [6.07, 6.45) is 1.38. The summed E-state index contributed by atoms with van der Waals surface area (Å²) in [5.74, 6) is 0. The fourth-order valence-corrected chi connectivity index (χ4v) is 2.22. The third kappa shape index (κ3) is 2.98. The third-order valence-corrected chi connectivity index (χ3v) is 3.26. The Morgan fingerprint density at radius 1 is 1.24 bits per heavy atom. The monoisotopic (exact) mass is 244 g/mol. The summed E-state index contributed by atoms with van der Waals surface area (Å²) >= 11 is 0. The Labute approximate surface area is 103 Å². The lowest BCUT2D eigenvalue weighted by atomic mass is 9.86. The van der Waals surface area contributed by atoms with Gasteiger partial charge in [0, 0.05) is 0 Å². The third-order valence-electron chi connectivity index (χ3n) is 3.26. The van der Waals surface area contributed by atoms with Gasteiger partial charge in [0.15, 0.2) is 6.29 Å². The van der Waals surface area contributed by atoms with Gasteiger partial charge in [0.25, 0.3) is 0 Å². The molecule has 2 heterocycles. The summed E-state index contributed by atoms with van der Waals surface area (Å²) in [5, 5.41) is 0. The predicted octanol–water partition coefficient (Wildman–Crippen LogP) is 0.362. The van der Waals surface area contributed by atoms with Crippen LogP contribution in [0.15, 0.2) is 0 Å². The van der Waals surface area contributed by atoms with Crippen molar-refractivity contribution in [2.24, 2.45) is 11.5 Å². The van der Waals surface area contributed by atoms with Crippen molar-refractivity contribution < 1.29 is 14.2 Å². The summed E-state index contributed by atoms with van der Waals surface area (Å²) in [5.41, 5.74) is 11.6. The molecule has 0 spiro atoms. The van der Waals surface area contributed by atoms with Crippen LogP contribution in [0.2, 0.25) is 0 Å². The quantitative estimate of drug-likeness (QED) is 0.733. The van der Waals surface area contributed by atoms with Gasteiger partial charge in [-0.1, -0.05) is 0 Å². The van der Waals surface area contributed by atoms with E-state index < -0.39 is 0 Å². The SMILES string of the molecule is CC(C)(C)O[C@H]1OC(C2(N)COC2)CC[C@H]1N. The fourth-order valence-electron chi connectivity index (χ4n) is 2.22. The maximum Gasteiger partial charge on any atom is 0.173 e. The molecule has 5 nitrogen and oxygen atoms in total. The molecule has 0 amide bonds. The molecular formula is C12H24N2O3. The van der Waals surface area contributed by atoms with Crippen molar-refractivity contribution in [3.05, 3.63) is 0 Å². The zero-order valence-electron chi connectivity index (χ0n) is 10.9. The van der Waals surface area contributed by atoms with E-state index in [1.165, 1.54) is 0 Å². The topological polar surface area (TPSA) is 79.7 Å². The van der Waals surface area contributed by atoms with Crippen LogP contribution >= 0.6 is 0 Å². The van der Waals surface area contributed by atoms with Gasteiger partial charge in [-0.3, -0.25) is 0 Å². The van der Waals surface area contributed by atoms with Crippen molar-refractivity contribution in [3.8, 4) is 0 Å². The number of ether oxygens (including phenoxy) is 3. The Morgan fingerprint density at radius 2 is 1.88 bits per heavy atom. The van der Waals surface area contributed by atoms with E-state index in [1.54, 1.807) is 0 Å². The molecule has 0 radical (unpaired) electrons. The van der Waals surface area contributed by atoms with Crippen LogP contribution in [-0.4, -0.2) is 42.8 Å². The van der Waals surface area contributed by atoms with Crippen LogP contribution in [0.4, 0.5) is 0 Å². The van der Waals surface area contributed by atoms with E-state index in [0.717, 1.165) is 12.8 Å². The van der Waals surface area contributed by atoms with Gasteiger partial charge in [0.2, 0.25) is 0 Å². The second-order valence-electron chi connectivity index (χ2n) is 6.19. The van der Waals surface area contributed by atoms with E-state index in [-0.39, 0.29) is 29.6 Å². The lowest BCUT2D eigenvalue weighted by molar-refractivity contribution is -0.268. The minimum absolute atomic E-state index is 0.0107. The van der Waals surface area contributed by atoms with Crippen LogP contribution in [0.25, 0.3) is 0 Å². The Kier molecular flexibility index (Phi) is 3.49. The second-order valence-corrected chi connectivity index (χ2v) is 6.19. The smallest absolute Gasteiger partial charge is 0.173 e. The van der Waals surface area contributed by atoms with Gasteiger partial charge >= 0.3 is 0 Å². The van der Waals surface area contributed by atoms with E-state index in [2.05, 4.69) is 0 Å². The van der Waals surface area contributed by atoms with Gasteiger partial charge in [-0.15, -0.1) is 0 Å². The lowest BCUT2D eigenvalue weighted by Gasteiger charge is -2.48. The molecule has 0 aromatic heterocycles. The number of nitrogens with two attached hydrogens (primary N) is 2. The standard InChI is InChI=1S/C12H24N2O3/c1-11(2,3)17-10-8(13)4-5-9(16-10)12(14)6-15-7-12/h8-10H,4-7,13-14H2,1-3H3/t8-,9?,10-/m1/s1. The van der Waals surface area contributed by atoms with E-state index in [1.807, 2.05) is 20.8 Å². The average molecular weight is 244 g/mol. The van der Waals surface area contributed by atoms with Gasteiger partial charge < -0.3 is 25.7 Å². The Hall–Kier alpha value is -0.200. The normalized spacial score (nSPS) is 37.6. The maximum atomic E-state index is 6.20. The summed E-state index contributed by atoms with van der Waals surface area (Å²) in [7, 11) is 0. The molecule has 2 rings (SSSR count). The molecule has 0 saturated carbocycles. The second kappa shape index (κ2) is 4.48. The van der Waals surface area contributed by atoms with E-state index >= 15 is 0 Å². The van der Waals surface area contributed by atoms with Gasteiger partial charge in [0.1, 0.15) is 0 Å². The zero-order valence-corrected chi connectivity index (χ0v) is 10.9. The zero-order chi connectivity index (χ0) is 12.7. The molecule has 2 aliphatic heterocycles. The highest BCUT2D eigenvalue weighted by atomic mass is 16.7. The maximum absolute atomic E-state index is 6.20. The molecule has 0 aliphatic carbocycles. The van der Waals surface area contributed by atoms with Crippen molar-refractivity contribution >= 4 is 0 Å². The van der Waals surface area contributed by atoms with Crippen molar-refractivity contribution in [2.45, 2.75) is 63.2 Å². The van der Waals surface area contributed by atoms with Crippen LogP contribution in [0.5, 0.6) is 0 Å². The Bertz CT molecular complexity index is 273. The molecule has 5 heteroatoms. The fraction of sp³-hybridized carbons (Fsp3) is 1.00. The summed E-state index contributed by atoms with van der Waals surface area (Å²) < 4.78 is 16.9. The van der Waals surface area contributed by atoms with Crippen molar-refractivity contribution in [2.75, 3.05) is 13.2 Å². The molecule has 0 bridgehead atoms. The van der Waals surface area contributed by atoms with Gasteiger partial charge in [-0.25, -0.2) is 0 Å². The molecule has 4 N–H and O–H groups in total. The van der Waals surface area contributed by atoms with Gasteiger partial charge in [0.05, 0.1) is 36.5 Å². The van der Waals surface area contributed by atoms with E-state index in [0.29, 0.717) is 13.2 Å². The molecule has 2 fully saturated rings. The molecule has 100 valence electrons. The summed E-state index contributed by atoms with van der Waals surface area (Å²) in [4.78, 5) is 0. The Balaban J connectivity index is 1.96. The number of hydrogen-bond acceptors (Lipinski definition) is 5. The lowest BCUT2D eigenvalue weighted by Crippen LogP contribution is -2.68. The molecule has 3 atom stereocenters.